The summed E-state index contributed by atoms with van der Waals surface area (Å²) in [5.74, 6) is 1.19. The van der Waals surface area contributed by atoms with Crippen molar-refractivity contribution < 1.29 is 4.79 Å². The van der Waals surface area contributed by atoms with E-state index in [1.165, 1.54) is 5.56 Å². The maximum Gasteiger partial charge on any atom is 0.240 e. The molecule has 1 aromatic carbocycles. The second-order valence-corrected chi connectivity index (χ2v) is 5.90. The van der Waals surface area contributed by atoms with Crippen molar-refractivity contribution in [3.8, 4) is 0 Å². The number of benzene rings is 1. The van der Waals surface area contributed by atoms with Crippen LogP contribution in [0.2, 0.25) is 0 Å². The molecule has 0 unspecified atom stereocenters. The van der Waals surface area contributed by atoms with E-state index >= 15 is 0 Å². The van der Waals surface area contributed by atoms with Gasteiger partial charge in [-0.25, -0.2) is 9.67 Å². The molecule has 0 fully saturated rings. The smallest absolute Gasteiger partial charge is 0.240 e. The molecular formula is C16H19N5O. The molecule has 2 aliphatic rings. The molecule has 2 aromatic rings. The fourth-order valence-electron chi connectivity index (χ4n) is 3.33. The van der Waals surface area contributed by atoms with Crippen LogP contribution in [0.1, 0.15) is 17.8 Å². The van der Waals surface area contributed by atoms with Crippen LogP contribution in [0.25, 0.3) is 0 Å². The van der Waals surface area contributed by atoms with Crippen LogP contribution in [0.5, 0.6) is 0 Å². The van der Waals surface area contributed by atoms with Gasteiger partial charge >= 0.3 is 0 Å². The Balaban J connectivity index is 1.36. The molecule has 6 heteroatoms. The fourth-order valence-corrected chi connectivity index (χ4v) is 3.33. The van der Waals surface area contributed by atoms with Crippen molar-refractivity contribution in [1.29, 1.82) is 0 Å². The van der Waals surface area contributed by atoms with Crippen molar-refractivity contribution >= 4 is 11.6 Å². The van der Waals surface area contributed by atoms with Gasteiger partial charge in [0.25, 0.3) is 0 Å². The fraction of sp³-hybridized carbons (Fsp3) is 0.438. The first-order chi connectivity index (χ1) is 10.8. The average Bonchev–Trinajstić information content (AvgIpc) is 3.18. The Morgan fingerprint density at radius 1 is 1.32 bits per heavy atom. The Hall–Kier alpha value is -2.21. The second kappa shape index (κ2) is 5.53. The van der Waals surface area contributed by atoms with Crippen LogP contribution in [0.4, 0.5) is 5.69 Å². The van der Waals surface area contributed by atoms with Gasteiger partial charge in [0, 0.05) is 24.7 Å². The first kappa shape index (κ1) is 13.5. The molecule has 0 spiro atoms. The van der Waals surface area contributed by atoms with E-state index in [-0.39, 0.29) is 11.9 Å². The van der Waals surface area contributed by atoms with E-state index in [9.17, 15) is 4.79 Å². The molecule has 114 valence electrons. The lowest BCUT2D eigenvalue weighted by molar-refractivity contribution is -0.117. The highest BCUT2D eigenvalue weighted by molar-refractivity contribution is 5.96. The van der Waals surface area contributed by atoms with E-state index in [0.29, 0.717) is 6.54 Å². The number of nitrogens with one attached hydrogen (secondary N) is 1. The third-order valence-electron chi connectivity index (χ3n) is 4.54. The molecule has 2 aliphatic heterocycles. The summed E-state index contributed by atoms with van der Waals surface area (Å²) in [6, 6.07) is 8.44. The molecule has 0 aliphatic carbocycles. The number of amides is 1. The molecule has 0 bridgehead atoms. The van der Waals surface area contributed by atoms with Crippen LogP contribution in [0, 0.1) is 0 Å². The highest BCUT2D eigenvalue weighted by Crippen LogP contribution is 2.27. The predicted molar refractivity (Wildman–Crippen MR) is 82.6 cm³/mol. The van der Waals surface area contributed by atoms with Crippen molar-refractivity contribution in [2.75, 3.05) is 18.0 Å². The van der Waals surface area contributed by atoms with Gasteiger partial charge in [0.05, 0.1) is 13.1 Å². The predicted octanol–water partition coefficient (Wildman–Crippen LogP) is 0.772. The third kappa shape index (κ3) is 2.39. The molecule has 22 heavy (non-hydrogen) atoms. The molecular weight excluding hydrogens is 278 g/mol. The largest absolute Gasteiger partial charge is 0.311 e. The average molecular weight is 297 g/mol. The number of rotatable bonds is 3. The van der Waals surface area contributed by atoms with E-state index in [1.807, 2.05) is 27.8 Å². The van der Waals surface area contributed by atoms with Crippen LogP contribution < -0.4 is 10.2 Å². The minimum atomic E-state index is 0.148. The molecule has 0 radical (unpaired) electrons. The summed E-state index contributed by atoms with van der Waals surface area (Å²) in [6.07, 6.45) is 4.47. The zero-order valence-electron chi connectivity index (χ0n) is 12.4. The lowest BCUT2D eigenvalue weighted by Gasteiger charge is -2.25. The van der Waals surface area contributed by atoms with Gasteiger partial charge in [0.1, 0.15) is 12.2 Å². The quantitative estimate of drug-likeness (QED) is 0.909. The minimum absolute atomic E-state index is 0.148. The lowest BCUT2D eigenvalue weighted by atomic mass is 10.1. The summed E-state index contributed by atoms with van der Waals surface area (Å²) in [5, 5.41) is 7.59. The Morgan fingerprint density at radius 2 is 2.23 bits per heavy atom. The van der Waals surface area contributed by atoms with Crippen molar-refractivity contribution in [2.45, 2.75) is 31.8 Å². The summed E-state index contributed by atoms with van der Waals surface area (Å²) in [5.41, 5.74) is 2.33. The second-order valence-electron chi connectivity index (χ2n) is 5.90. The zero-order chi connectivity index (χ0) is 14.9. The van der Waals surface area contributed by atoms with Crippen LogP contribution >= 0.6 is 0 Å². The molecule has 1 N–H and O–H groups in total. The molecule has 3 heterocycles. The van der Waals surface area contributed by atoms with Gasteiger partial charge < -0.3 is 10.2 Å². The van der Waals surface area contributed by atoms with Crippen LogP contribution in [-0.4, -0.2) is 39.8 Å². The number of carbonyl (C=O) groups excluding carboxylic acids is 1. The van der Waals surface area contributed by atoms with Crippen molar-refractivity contribution in [3.63, 3.8) is 0 Å². The highest BCUT2D eigenvalue weighted by atomic mass is 16.2. The minimum Gasteiger partial charge on any atom is -0.311 e. The first-order valence-corrected chi connectivity index (χ1v) is 7.79. The summed E-state index contributed by atoms with van der Waals surface area (Å²) in [6.45, 7) is 1.96. The van der Waals surface area contributed by atoms with E-state index in [0.717, 1.165) is 43.9 Å². The zero-order valence-corrected chi connectivity index (χ0v) is 12.4. The number of aryl methyl sites for hydroxylation is 1. The van der Waals surface area contributed by atoms with E-state index in [4.69, 9.17) is 0 Å². The lowest BCUT2D eigenvalue weighted by Crippen LogP contribution is -2.44. The molecule has 0 saturated carbocycles. The Kier molecular flexibility index (Phi) is 3.38. The van der Waals surface area contributed by atoms with Crippen LogP contribution in [-0.2, 0) is 24.2 Å². The summed E-state index contributed by atoms with van der Waals surface area (Å²) >= 11 is 0. The van der Waals surface area contributed by atoms with Gasteiger partial charge in [-0.2, -0.15) is 5.10 Å². The maximum atomic E-state index is 12.5. The number of fused-ring (bicyclic) bond motifs is 2. The van der Waals surface area contributed by atoms with Gasteiger partial charge in [-0.15, -0.1) is 0 Å². The molecule has 1 amide bonds. The van der Waals surface area contributed by atoms with Crippen LogP contribution in [0.15, 0.2) is 30.6 Å². The third-order valence-corrected chi connectivity index (χ3v) is 4.54. The normalized spacial score (nSPS) is 19.8. The van der Waals surface area contributed by atoms with Crippen molar-refractivity contribution in [3.05, 3.63) is 42.0 Å². The number of nitrogens with zero attached hydrogens (tertiary/aromatic N) is 4. The number of anilines is 1. The van der Waals surface area contributed by atoms with Gasteiger partial charge in [-0.05, 0) is 24.5 Å². The maximum absolute atomic E-state index is 12.5. The van der Waals surface area contributed by atoms with Gasteiger partial charge in [0.15, 0.2) is 0 Å². The summed E-state index contributed by atoms with van der Waals surface area (Å²) in [7, 11) is 0. The van der Waals surface area contributed by atoms with Crippen molar-refractivity contribution in [1.82, 2.24) is 20.1 Å². The van der Waals surface area contributed by atoms with Gasteiger partial charge in [-0.3, -0.25) is 4.79 Å². The Bertz CT molecular complexity index is 695. The number of hydrogen-bond donors (Lipinski definition) is 1. The Morgan fingerprint density at radius 3 is 3.18 bits per heavy atom. The molecule has 6 nitrogen and oxygen atoms in total. The molecule has 1 atom stereocenters. The Labute approximate surface area is 129 Å². The standard InChI is InChI=1S/C16H19N5O/c22-16(20-8-7-12-3-1-2-4-14(12)20)9-17-13-5-6-15-18-11-19-21(15)10-13/h1-4,11,13,17H,5-10H2/t13-/m1/s1. The number of aromatic nitrogens is 3. The van der Waals surface area contributed by atoms with E-state index < -0.39 is 0 Å². The van der Waals surface area contributed by atoms with Crippen LogP contribution in [0.3, 0.4) is 0 Å². The number of hydrogen-bond acceptors (Lipinski definition) is 4. The summed E-state index contributed by atoms with van der Waals surface area (Å²) < 4.78 is 1.93. The monoisotopic (exact) mass is 297 g/mol. The highest BCUT2D eigenvalue weighted by Gasteiger charge is 2.25. The first-order valence-electron chi connectivity index (χ1n) is 7.79. The number of carbonyl (C=O) groups is 1. The van der Waals surface area contributed by atoms with Gasteiger partial charge in [-0.1, -0.05) is 18.2 Å². The summed E-state index contributed by atoms with van der Waals surface area (Å²) in [4.78, 5) is 18.6. The van der Waals surface area contributed by atoms with Crippen molar-refractivity contribution in [2.24, 2.45) is 0 Å². The molecule has 0 saturated heterocycles. The SMILES string of the molecule is O=C(CN[C@@H]1CCc2ncnn2C1)N1CCc2ccccc21. The molecule has 4 rings (SSSR count). The van der Waals surface area contributed by atoms with E-state index in [2.05, 4.69) is 21.5 Å². The van der Waals surface area contributed by atoms with E-state index in [1.54, 1.807) is 6.33 Å². The van der Waals surface area contributed by atoms with Gasteiger partial charge in [0.2, 0.25) is 5.91 Å². The number of para-hydroxylation sites is 1. The molecule has 1 aromatic heterocycles. The topological polar surface area (TPSA) is 63.1 Å².